The fraction of sp³-hybridized carbons (Fsp3) is 0.600. The normalized spacial score (nSPS) is 23.7. The van der Waals surface area contributed by atoms with Crippen molar-refractivity contribution in [3.63, 3.8) is 0 Å². The van der Waals surface area contributed by atoms with E-state index in [1.54, 1.807) is 16.0 Å². The zero-order valence-electron chi connectivity index (χ0n) is 28.8. The van der Waals surface area contributed by atoms with E-state index in [1.807, 2.05) is 50.6 Å². The van der Waals surface area contributed by atoms with Crippen molar-refractivity contribution in [1.29, 1.82) is 0 Å². The molecule has 12 heteroatoms. The fourth-order valence-electron chi connectivity index (χ4n) is 6.75. The first kappa shape index (κ1) is 34.7. The number of anilines is 1. The number of amides is 3. The summed E-state index contributed by atoms with van der Waals surface area (Å²) in [5.41, 5.74) is 1.53. The van der Waals surface area contributed by atoms with Crippen molar-refractivity contribution in [3.05, 3.63) is 58.9 Å². The predicted molar refractivity (Wildman–Crippen MR) is 175 cm³/mol. The number of rotatable bonds is 6. The number of carbonyl (C=O) groups is 3. The van der Waals surface area contributed by atoms with Gasteiger partial charge in [0.05, 0.1) is 18.8 Å². The maximum Gasteiger partial charge on any atom is 0.410 e. The lowest BCUT2D eigenvalue weighted by Gasteiger charge is -2.47. The molecule has 3 aliphatic heterocycles. The van der Waals surface area contributed by atoms with Gasteiger partial charge in [0.2, 0.25) is 11.8 Å². The van der Waals surface area contributed by atoms with Crippen LogP contribution in [0.15, 0.2) is 30.5 Å². The second kappa shape index (κ2) is 13.1. The third kappa shape index (κ3) is 7.75. The van der Waals surface area contributed by atoms with Crippen LogP contribution in [0.1, 0.15) is 65.3 Å². The van der Waals surface area contributed by atoms with Crippen molar-refractivity contribution in [3.8, 4) is 0 Å². The number of nitrogens with zero attached hydrogens (tertiary/aromatic N) is 6. The Hall–Kier alpha value is -3.64. The van der Waals surface area contributed by atoms with E-state index in [2.05, 4.69) is 30.7 Å². The number of piperazine rings is 2. The molecule has 0 aliphatic carbocycles. The third-order valence-electron chi connectivity index (χ3n) is 9.53. The Morgan fingerprint density at radius 1 is 1.06 bits per heavy atom. The van der Waals surface area contributed by atoms with Gasteiger partial charge in [0.1, 0.15) is 17.2 Å². The van der Waals surface area contributed by atoms with Crippen LogP contribution in [-0.2, 0) is 26.2 Å². The Morgan fingerprint density at radius 2 is 1.79 bits per heavy atom. The summed E-state index contributed by atoms with van der Waals surface area (Å²) < 4.78 is 33.7. The van der Waals surface area contributed by atoms with Gasteiger partial charge in [0.15, 0.2) is 0 Å². The number of ether oxygens (including phenoxy) is 1. The molecule has 10 nitrogen and oxygen atoms in total. The average molecular weight is 655 g/mol. The largest absolute Gasteiger partial charge is 0.444 e. The van der Waals surface area contributed by atoms with Crippen LogP contribution < -0.4 is 4.90 Å². The molecule has 2 fully saturated rings. The minimum Gasteiger partial charge on any atom is -0.444 e. The van der Waals surface area contributed by atoms with Gasteiger partial charge in [0.25, 0.3) is 0 Å². The van der Waals surface area contributed by atoms with Crippen LogP contribution in [0.3, 0.4) is 0 Å². The smallest absolute Gasteiger partial charge is 0.410 e. The van der Waals surface area contributed by atoms with Crippen molar-refractivity contribution in [2.24, 2.45) is 0 Å². The maximum atomic E-state index is 14.5. The van der Waals surface area contributed by atoms with E-state index in [9.17, 15) is 23.2 Å². The molecule has 3 amide bonds. The Kier molecular flexibility index (Phi) is 9.67. The Balaban J connectivity index is 1.38. The molecule has 0 spiro atoms. The van der Waals surface area contributed by atoms with E-state index in [-0.39, 0.29) is 48.3 Å². The minimum atomic E-state index is -0.658. The molecule has 2 aromatic rings. The van der Waals surface area contributed by atoms with Crippen LogP contribution in [0.25, 0.3) is 0 Å². The van der Waals surface area contributed by atoms with Gasteiger partial charge in [-0.3, -0.25) is 24.4 Å². The lowest BCUT2D eigenvalue weighted by molar-refractivity contribution is -0.139. The fourth-order valence-corrected chi connectivity index (χ4v) is 6.75. The second-order valence-electron chi connectivity index (χ2n) is 15.1. The molecule has 1 aromatic carbocycles. The number of hydrogen-bond donors (Lipinski definition) is 0. The van der Waals surface area contributed by atoms with Crippen molar-refractivity contribution in [2.45, 2.75) is 84.0 Å². The quantitative estimate of drug-likeness (QED) is 0.465. The molecule has 5 rings (SSSR count). The van der Waals surface area contributed by atoms with Gasteiger partial charge in [-0.25, -0.2) is 13.6 Å². The van der Waals surface area contributed by atoms with Crippen LogP contribution in [0, 0.1) is 11.6 Å². The highest BCUT2D eigenvalue weighted by Crippen LogP contribution is 2.41. The lowest BCUT2D eigenvalue weighted by Crippen LogP contribution is -2.65. The van der Waals surface area contributed by atoms with E-state index in [0.29, 0.717) is 50.5 Å². The molecule has 0 radical (unpaired) electrons. The number of aromatic nitrogens is 1. The van der Waals surface area contributed by atoms with E-state index in [1.165, 1.54) is 12.1 Å². The van der Waals surface area contributed by atoms with Crippen LogP contribution in [-0.4, -0.2) is 119 Å². The first-order chi connectivity index (χ1) is 21.9. The minimum absolute atomic E-state index is 0.0205. The monoisotopic (exact) mass is 654 g/mol. The summed E-state index contributed by atoms with van der Waals surface area (Å²) >= 11 is 0. The first-order valence-corrected chi connectivity index (χ1v) is 16.4. The summed E-state index contributed by atoms with van der Waals surface area (Å²) in [5.74, 6) is -1.37. The number of hydrogen-bond acceptors (Lipinski definition) is 7. The number of pyridine rings is 1. The van der Waals surface area contributed by atoms with E-state index in [0.717, 1.165) is 17.3 Å². The topological polar surface area (TPSA) is 89.5 Å². The van der Waals surface area contributed by atoms with Gasteiger partial charge >= 0.3 is 6.09 Å². The SMILES string of the molecule is C[C@@H]1CN(C[C@H]2CN(C(=O)OC(C)(C)C)[C@H](C)CN2CC(=O)N2CC(C)(C)c3cnc(Cc4ccc(F)cc4F)cc32)C(=O)CN1C. The lowest BCUT2D eigenvalue weighted by atomic mass is 9.88. The van der Waals surface area contributed by atoms with Crippen LogP contribution >= 0.6 is 0 Å². The van der Waals surface area contributed by atoms with Crippen LogP contribution in [0.4, 0.5) is 19.3 Å². The number of carbonyl (C=O) groups excluding carboxylic acids is 3. The summed E-state index contributed by atoms with van der Waals surface area (Å²) in [7, 11) is 1.93. The predicted octanol–water partition coefficient (Wildman–Crippen LogP) is 4.05. The molecule has 0 unspecified atom stereocenters. The van der Waals surface area contributed by atoms with Crippen molar-refractivity contribution < 1.29 is 27.9 Å². The molecule has 4 heterocycles. The molecule has 3 aliphatic rings. The van der Waals surface area contributed by atoms with Gasteiger partial charge in [-0.05, 0) is 59.4 Å². The summed E-state index contributed by atoms with van der Waals surface area (Å²) in [5, 5.41) is 0. The number of halogens is 2. The molecule has 1 aromatic heterocycles. The van der Waals surface area contributed by atoms with E-state index < -0.39 is 23.3 Å². The second-order valence-corrected chi connectivity index (χ2v) is 15.1. The highest BCUT2D eigenvalue weighted by atomic mass is 19.1. The zero-order valence-corrected chi connectivity index (χ0v) is 28.8. The highest BCUT2D eigenvalue weighted by Gasteiger charge is 2.43. The standard InChI is InChI=1S/C35H48F2N6O4/c1-22-15-41(31(44)19-39(22)8)17-27-18-42(33(46)47-34(3,4)5)23(2)16-40(27)20-32(45)43-21-35(6,7)28-14-38-26(13-30(28)43)11-24-9-10-25(36)12-29(24)37/h9-10,12-14,22-23,27H,11,15-21H2,1-8H3/t22-,23-,27+/m1/s1. The summed E-state index contributed by atoms with van der Waals surface area (Å²) in [6, 6.07) is 5.00. The van der Waals surface area contributed by atoms with E-state index in [4.69, 9.17) is 4.74 Å². The highest BCUT2D eigenvalue weighted by molar-refractivity contribution is 5.97. The molecule has 2 saturated heterocycles. The van der Waals surface area contributed by atoms with Gasteiger partial charge in [0, 0.05) is 86.2 Å². The summed E-state index contributed by atoms with van der Waals surface area (Å²) in [6.45, 7) is 16.2. The Labute approximate surface area is 276 Å². The Bertz CT molecular complexity index is 1530. The van der Waals surface area contributed by atoms with E-state index >= 15 is 0 Å². The summed E-state index contributed by atoms with van der Waals surface area (Å²) in [4.78, 5) is 54.5. The van der Waals surface area contributed by atoms with Crippen molar-refractivity contribution in [1.82, 2.24) is 24.6 Å². The van der Waals surface area contributed by atoms with Crippen molar-refractivity contribution in [2.75, 3.05) is 57.8 Å². The molecule has 0 N–H and O–H groups in total. The number of fused-ring (bicyclic) bond motifs is 1. The first-order valence-electron chi connectivity index (χ1n) is 16.4. The molecule has 0 bridgehead atoms. The molecule has 47 heavy (non-hydrogen) atoms. The molecular formula is C35H48F2N6O4. The molecule has 256 valence electrons. The van der Waals surface area contributed by atoms with Gasteiger partial charge < -0.3 is 19.4 Å². The number of likely N-dealkylation sites (N-methyl/N-ethyl adjacent to an activating group) is 1. The molecular weight excluding hydrogens is 606 g/mol. The molecule has 0 saturated carbocycles. The average Bonchev–Trinajstić information content (AvgIpc) is 3.23. The van der Waals surface area contributed by atoms with Crippen LogP contribution in [0.5, 0.6) is 0 Å². The Morgan fingerprint density at radius 3 is 2.47 bits per heavy atom. The van der Waals surface area contributed by atoms with Gasteiger partial charge in [-0.15, -0.1) is 0 Å². The zero-order chi connectivity index (χ0) is 34.4. The van der Waals surface area contributed by atoms with Crippen molar-refractivity contribution >= 4 is 23.6 Å². The third-order valence-corrected chi connectivity index (χ3v) is 9.53. The van der Waals surface area contributed by atoms with Gasteiger partial charge in [-0.2, -0.15) is 0 Å². The molecule has 3 atom stereocenters. The maximum absolute atomic E-state index is 14.5. The van der Waals surface area contributed by atoms with Crippen LogP contribution in [0.2, 0.25) is 0 Å². The van der Waals surface area contributed by atoms with Gasteiger partial charge in [-0.1, -0.05) is 19.9 Å². The number of benzene rings is 1. The summed E-state index contributed by atoms with van der Waals surface area (Å²) in [6.07, 6.45) is 1.50.